The Morgan fingerprint density at radius 1 is 0.714 bits per heavy atom. The lowest BCUT2D eigenvalue weighted by Crippen LogP contribution is -1.84. The lowest BCUT2D eigenvalue weighted by molar-refractivity contribution is 0.624. The largest absolute Gasteiger partial charge is 0.0966 e. The third-order valence-electron chi connectivity index (χ3n) is 3.39. The zero-order chi connectivity index (χ0) is 16.8. The number of alkyl halides is 2. The Hall–Kier alpha value is 0.700. The molecule has 21 heavy (non-hydrogen) atoms. The molecule has 0 radical (unpaired) electrons. The van der Waals surface area contributed by atoms with Crippen molar-refractivity contribution in [3.05, 3.63) is 11.6 Å². The Morgan fingerprint density at radius 3 is 1.38 bits per heavy atom. The van der Waals surface area contributed by atoms with E-state index in [9.17, 15) is 0 Å². The number of unbranched alkanes of at least 4 members (excludes halogenated alkanes) is 8. The molecule has 0 unspecified atom stereocenters. The molecule has 0 saturated carbocycles. The first-order valence-electron chi connectivity index (χ1n) is 8.84. The van der Waals surface area contributed by atoms with Crippen molar-refractivity contribution in [2.24, 2.45) is 0 Å². The molecular formula is C19H40Br2. The molecule has 0 rings (SSSR count). The maximum Gasteiger partial charge on any atom is 0.0241 e. The van der Waals surface area contributed by atoms with Crippen LogP contribution in [-0.2, 0) is 0 Å². The Labute approximate surface area is 152 Å². The molecule has 0 aliphatic rings. The van der Waals surface area contributed by atoms with Crippen LogP contribution in [0.25, 0.3) is 0 Å². The molecular weight excluding hydrogens is 388 g/mol. The molecule has 0 aromatic heterocycles. The maximum atomic E-state index is 3.48. The van der Waals surface area contributed by atoms with Crippen molar-refractivity contribution in [1.29, 1.82) is 0 Å². The molecule has 0 N–H and O–H groups in total. The summed E-state index contributed by atoms with van der Waals surface area (Å²) in [7, 11) is 0. The van der Waals surface area contributed by atoms with E-state index in [-0.39, 0.29) is 0 Å². The second-order valence-corrected chi connectivity index (χ2v) is 5.87. The molecule has 0 spiro atoms. The monoisotopic (exact) mass is 426 g/mol. The van der Waals surface area contributed by atoms with Gasteiger partial charge in [0.1, 0.15) is 0 Å². The predicted octanol–water partition coefficient (Wildman–Crippen LogP) is 8.68. The van der Waals surface area contributed by atoms with E-state index in [2.05, 4.69) is 65.6 Å². The molecule has 0 aromatic rings. The minimum Gasteiger partial charge on any atom is -0.0966 e. The zero-order valence-electron chi connectivity index (χ0n) is 15.3. The Bertz CT molecular complexity index is 170. The molecule has 0 fully saturated rings. The van der Waals surface area contributed by atoms with Gasteiger partial charge < -0.3 is 0 Å². The highest BCUT2D eigenvalue weighted by molar-refractivity contribution is 9.09. The molecule has 0 nitrogen and oxygen atoms in total. The van der Waals surface area contributed by atoms with E-state index >= 15 is 0 Å². The molecule has 2 heteroatoms. The molecule has 0 saturated heterocycles. The quantitative estimate of drug-likeness (QED) is 0.175. The third kappa shape index (κ3) is 29.4. The van der Waals surface area contributed by atoms with Crippen molar-refractivity contribution in [3.8, 4) is 0 Å². The molecule has 0 amide bonds. The molecule has 0 aromatic carbocycles. The smallest absolute Gasteiger partial charge is 0.0241 e. The van der Waals surface area contributed by atoms with Crippen LogP contribution in [0.3, 0.4) is 0 Å². The normalized spacial score (nSPS) is 10.3. The lowest BCUT2D eigenvalue weighted by atomic mass is 10.1. The topological polar surface area (TPSA) is 0 Å². The Morgan fingerprint density at radius 2 is 1.10 bits per heavy atom. The summed E-state index contributed by atoms with van der Waals surface area (Å²) in [6.45, 7) is 8.88. The van der Waals surface area contributed by atoms with Crippen molar-refractivity contribution in [2.75, 3.05) is 11.2 Å². The highest BCUT2D eigenvalue weighted by atomic mass is 79.9. The summed E-state index contributed by atoms with van der Waals surface area (Å²) in [5, 5.41) is 1.05. The van der Waals surface area contributed by atoms with Crippen LogP contribution in [0.5, 0.6) is 0 Å². The first kappa shape index (κ1) is 26.6. The van der Waals surface area contributed by atoms with E-state index in [0.717, 1.165) is 5.33 Å². The zero-order valence-corrected chi connectivity index (χ0v) is 18.5. The number of hydrogen-bond acceptors (Lipinski definition) is 0. The molecule has 130 valence electrons. The van der Waals surface area contributed by atoms with Gasteiger partial charge >= 0.3 is 0 Å². The van der Waals surface area contributed by atoms with Gasteiger partial charge in [-0.25, -0.2) is 0 Å². The van der Waals surface area contributed by atoms with Crippen molar-refractivity contribution >= 4 is 31.9 Å². The van der Waals surface area contributed by atoms with Gasteiger partial charge in [0.15, 0.2) is 0 Å². The van der Waals surface area contributed by atoms with E-state index in [1.807, 2.05) is 5.83 Å². The van der Waals surface area contributed by atoms with Crippen LogP contribution in [0.4, 0.5) is 0 Å². The van der Waals surface area contributed by atoms with Gasteiger partial charge in [0.05, 0.1) is 0 Å². The van der Waals surface area contributed by atoms with Gasteiger partial charge in [-0.15, -0.1) is 0 Å². The summed E-state index contributed by atoms with van der Waals surface area (Å²) in [5.74, 6) is 1.81. The fourth-order valence-corrected chi connectivity index (χ4v) is 2.52. The average Bonchev–Trinajstić information content (AvgIpc) is 2.54. The number of hydrogen-bond donors (Lipinski definition) is 0. The summed E-state index contributed by atoms with van der Waals surface area (Å²) < 4.78 is 0. The Kier molecular flexibility index (Phi) is 36.5. The predicted molar refractivity (Wildman–Crippen MR) is 110 cm³/mol. The van der Waals surface area contributed by atoms with Crippen LogP contribution in [-0.4, -0.2) is 11.2 Å². The standard InChI is InChI=1S/C10H19Br.C8H18.CH3Br/c1-3-5-6-7-8-10(4-2)9-11;1-3-5-7-8-6-4-2;1-2/h4H,3,5-9H2,1-2H3;3-8H2,1-2H3;1H3/b10-4-;;. The van der Waals surface area contributed by atoms with Crippen LogP contribution in [0.1, 0.15) is 98.3 Å². The van der Waals surface area contributed by atoms with Crippen molar-refractivity contribution in [3.63, 3.8) is 0 Å². The van der Waals surface area contributed by atoms with Crippen molar-refractivity contribution in [1.82, 2.24) is 0 Å². The van der Waals surface area contributed by atoms with Gasteiger partial charge in [-0.3, -0.25) is 0 Å². The SMILES string of the molecule is C/C=C(\CBr)CCCCCC.CBr.CCCCCCCC. The van der Waals surface area contributed by atoms with Gasteiger partial charge in [-0.1, -0.05) is 122 Å². The van der Waals surface area contributed by atoms with Gasteiger partial charge in [0.25, 0.3) is 0 Å². The average molecular weight is 428 g/mol. The Balaban J connectivity index is -0.000000286. The van der Waals surface area contributed by atoms with Crippen LogP contribution in [0.2, 0.25) is 0 Å². The number of halogens is 2. The molecule has 0 heterocycles. The summed E-state index contributed by atoms with van der Waals surface area (Å²) in [6, 6.07) is 0. The second-order valence-electron chi connectivity index (χ2n) is 5.31. The van der Waals surface area contributed by atoms with Crippen LogP contribution in [0, 0.1) is 0 Å². The van der Waals surface area contributed by atoms with Gasteiger partial charge in [-0.2, -0.15) is 0 Å². The van der Waals surface area contributed by atoms with Gasteiger partial charge in [-0.05, 0) is 25.6 Å². The first-order chi connectivity index (χ1) is 10.3. The van der Waals surface area contributed by atoms with Crippen LogP contribution >= 0.6 is 31.9 Å². The fraction of sp³-hybridized carbons (Fsp3) is 0.895. The summed E-state index contributed by atoms with van der Waals surface area (Å²) in [5.41, 5.74) is 1.54. The number of allylic oxidation sites excluding steroid dienone is 2. The second kappa shape index (κ2) is 28.8. The van der Waals surface area contributed by atoms with Crippen LogP contribution in [0.15, 0.2) is 11.6 Å². The molecule has 0 aliphatic heterocycles. The van der Waals surface area contributed by atoms with Crippen molar-refractivity contribution < 1.29 is 0 Å². The molecule has 0 atom stereocenters. The maximum absolute atomic E-state index is 3.48. The van der Waals surface area contributed by atoms with E-state index in [1.165, 1.54) is 70.6 Å². The molecule has 0 aliphatic carbocycles. The van der Waals surface area contributed by atoms with Gasteiger partial charge in [0.2, 0.25) is 0 Å². The van der Waals surface area contributed by atoms with Crippen LogP contribution < -0.4 is 0 Å². The van der Waals surface area contributed by atoms with E-state index in [4.69, 9.17) is 0 Å². The summed E-state index contributed by atoms with van der Waals surface area (Å²) in [6.07, 6.45) is 17.5. The van der Waals surface area contributed by atoms with E-state index in [0.29, 0.717) is 0 Å². The summed E-state index contributed by atoms with van der Waals surface area (Å²) in [4.78, 5) is 0. The van der Waals surface area contributed by atoms with E-state index < -0.39 is 0 Å². The minimum atomic E-state index is 1.05. The van der Waals surface area contributed by atoms with Gasteiger partial charge in [0, 0.05) is 5.33 Å². The highest BCUT2D eigenvalue weighted by Crippen LogP contribution is 2.11. The number of rotatable bonds is 11. The highest BCUT2D eigenvalue weighted by Gasteiger charge is 1.93. The fourth-order valence-electron chi connectivity index (χ4n) is 1.92. The lowest BCUT2D eigenvalue weighted by Gasteiger charge is -2.01. The van der Waals surface area contributed by atoms with Crippen molar-refractivity contribution in [2.45, 2.75) is 98.3 Å². The summed E-state index contributed by atoms with van der Waals surface area (Å²) >= 11 is 6.41. The minimum absolute atomic E-state index is 1.05. The first-order valence-corrected chi connectivity index (χ1v) is 11.5. The third-order valence-corrected chi connectivity index (χ3v) is 4.11. The van der Waals surface area contributed by atoms with E-state index in [1.54, 1.807) is 5.57 Å². The molecule has 0 bridgehead atoms.